The first-order valence-electron chi connectivity index (χ1n) is 5.41. The topological polar surface area (TPSA) is 20.2 Å². The maximum atomic E-state index is 8.76. The zero-order valence-electron chi connectivity index (χ0n) is 9.88. The lowest BCUT2D eigenvalue weighted by Gasteiger charge is -2.32. The zero-order chi connectivity index (χ0) is 11.0. The van der Waals surface area contributed by atoms with Crippen molar-refractivity contribution in [2.45, 2.75) is 50.0 Å². The van der Waals surface area contributed by atoms with Crippen molar-refractivity contribution in [3.05, 3.63) is 0 Å². The van der Waals surface area contributed by atoms with Crippen molar-refractivity contribution in [2.24, 2.45) is 0 Å². The van der Waals surface area contributed by atoms with Crippen LogP contribution in [0.15, 0.2) is 0 Å². The molecule has 14 heavy (non-hydrogen) atoms. The minimum absolute atomic E-state index is 0.305. The third kappa shape index (κ3) is 4.94. The molecule has 0 aromatic rings. The van der Waals surface area contributed by atoms with Gasteiger partial charge in [0.25, 0.3) is 0 Å². The highest BCUT2D eigenvalue weighted by atomic mass is 32.2. The van der Waals surface area contributed by atoms with Crippen LogP contribution in [0.1, 0.15) is 40.0 Å². The number of rotatable bonds is 8. The molecule has 3 heteroatoms. The van der Waals surface area contributed by atoms with Crippen LogP contribution in [0.4, 0.5) is 0 Å². The van der Waals surface area contributed by atoms with Gasteiger partial charge in [0.2, 0.25) is 0 Å². The molecule has 0 aliphatic heterocycles. The summed E-state index contributed by atoms with van der Waals surface area (Å²) in [6.07, 6.45) is 5.96. The summed E-state index contributed by atoms with van der Waals surface area (Å²) in [5, 5.41) is 9.42. The Morgan fingerprint density at radius 3 is 2.21 bits per heavy atom. The Morgan fingerprint density at radius 1 is 1.29 bits per heavy atom. The molecule has 0 amide bonds. The van der Waals surface area contributed by atoms with E-state index in [0.717, 1.165) is 5.75 Å². The average molecular weight is 236 g/mol. The van der Waals surface area contributed by atoms with E-state index in [9.17, 15) is 0 Å². The SMILES string of the molecule is CCC(CC)(CC(C)SCCO)SC. The fourth-order valence-electron chi connectivity index (χ4n) is 1.75. The van der Waals surface area contributed by atoms with Crippen LogP contribution >= 0.6 is 23.5 Å². The number of hydrogen-bond acceptors (Lipinski definition) is 3. The van der Waals surface area contributed by atoms with Crippen molar-refractivity contribution in [3.8, 4) is 0 Å². The first-order chi connectivity index (χ1) is 6.64. The van der Waals surface area contributed by atoms with Gasteiger partial charge in [0.05, 0.1) is 6.61 Å². The molecule has 1 atom stereocenters. The van der Waals surface area contributed by atoms with Crippen LogP contribution in [0.25, 0.3) is 0 Å². The van der Waals surface area contributed by atoms with Crippen molar-refractivity contribution in [1.82, 2.24) is 0 Å². The summed E-state index contributed by atoms with van der Waals surface area (Å²) in [6, 6.07) is 0. The lowest BCUT2D eigenvalue weighted by atomic mass is 9.96. The lowest BCUT2D eigenvalue weighted by molar-refractivity contribution is 0.322. The van der Waals surface area contributed by atoms with E-state index in [1.54, 1.807) is 0 Å². The van der Waals surface area contributed by atoms with Crippen molar-refractivity contribution in [1.29, 1.82) is 0 Å². The van der Waals surface area contributed by atoms with Crippen molar-refractivity contribution < 1.29 is 5.11 Å². The van der Waals surface area contributed by atoms with Gasteiger partial charge in [-0.3, -0.25) is 0 Å². The van der Waals surface area contributed by atoms with Crippen LogP contribution in [0.5, 0.6) is 0 Å². The Balaban J connectivity index is 4.01. The minimum atomic E-state index is 0.305. The molecule has 0 aliphatic carbocycles. The van der Waals surface area contributed by atoms with E-state index in [2.05, 4.69) is 27.0 Å². The van der Waals surface area contributed by atoms with Gasteiger partial charge in [-0.2, -0.15) is 23.5 Å². The van der Waals surface area contributed by atoms with Crippen LogP contribution in [-0.4, -0.2) is 33.7 Å². The largest absolute Gasteiger partial charge is 0.396 e. The molecule has 1 nitrogen and oxygen atoms in total. The van der Waals surface area contributed by atoms with Crippen LogP contribution in [0.2, 0.25) is 0 Å². The molecular weight excluding hydrogens is 212 g/mol. The molecule has 1 N–H and O–H groups in total. The first-order valence-corrected chi connectivity index (χ1v) is 7.69. The molecule has 0 aromatic heterocycles. The molecule has 0 radical (unpaired) electrons. The van der Waals surface area contributed by atoms with E-state index >= 15 is 0 Å². The third-order valence-corrected chi connectivity index (χ3v) is 5.64. The van der Waals surface area contributed by atoms with E-state index in [1.165, 1.54) is 19.3 Å². The molecule has 0 spiro atoms. The summed E-state index contributed by atoms with van der Waals surface area (Å²) in [4.78, 5) is 0. The molecule has 0 bridgehead atoms. The summed E-state index contributed by atoms with van der Waals surface area (Å²) in [6.45, 7) is 7.14. The third-order valence-electron chi connectivity index (χ3n) is 2.87. The standard InChI is InChI=1S/C11H24OS2/c1-5-11(6-2,13-4)9-10(3)14-8-7-12/h10,12H,5-9H2,1-4H3. The number of aliphatic hydroxyl groups is 1. The van der Waals surface area contributed by atoms with E-state index in [4.69, 9.17) is 5.11 Å². The summed E-state index contributed by atoms with van der Waals surface area (Å²) < 4.78 is 0.460. The molecular formula is C11H24OS2. The minimum Gasteiger partial charge on any atom is -0.396 e. The molecule has 86 valence electrons. The summed E-state index contributed by atoms with van der Waals surface area (Å²) in [5.41, 5.74) is 0. The fraction of sp³-hybridized carbons (Fsp3) is 1.00. The highest BCUT2D eigenvalue weighted by Crippen LogP contribution is 2.37. The molecule has 0 fully saturated rings. The maximum Gasteiger partial charge on any atom is 0.0521 e. The normalized spacial score (nSPS) is 14.4. The van der Waals surface area contributed by atoms with E-state index in [0.29, 0.717) is 16.6 Å². The lowest BCUT2D eigenvalue weighted by Crippen LogP contribution is -2.26. The Morgan fingerprint density at radius 2 is 1.86 bits per heavy atom. The quantitative estimate of drug-likeness (QED) is 0.697. The second-order valence-electron chi connectivity index (χ2n) is 3.70. The van der Waals surface area contributed by atoms with Gasteiger partial charge in [-0.1, -0.05) is 20.8 Å². The Labute approximate surface area is 97.4 Å². The van der Waals surface area contributed by atoms with Gasteiger partial charge in [-0.25, -0.2) is 0 Å². The van der Waals surface area contributed by atoms with Gasteiger partial charge in [0.15, 0.2) is 0 Å². The van der Waals surface area contributed by atoms with Crippen LogP contribution in [0.3, 0.4) is 0 Å². The van der Waals surface area contributed by atoms with Crippen LogP contribution in [-0.2, 0) is 0 Å². The molecule has 0 saturated heterocycles. The predicted octanol–water partition coefficient (Wildman–Crippen LogP) is 3.41. The molecule has 0 aromatic carbocycles. The van der Waals surface area contributed by atoms with Crippen molar-refractivity contribution >= 4 is 23.5 Å². The highest BCUT2D eigenvalue weighted by molar-refractivity contribution is 8.00. The van der Waals surface area contributed by atoms with Gasteiger partial charge in [0, 0.05) is 15.7 Å². The number of aliphatic hydroxyl groups excluding tert-OH is 1. The molecule has 0 rings (SSSR count). The van der Waals surface area contributed by atoms with Crippen LogP contribution in [0, 0.1) is 0 Å². The second-order valence-corrected chi connectivity index (χ2v) is 6.52. The van der Waals surface area contributed by atoms with Crippen molar-refractivity contribution in [3.63, 3.8) is 0 Å². The van der Waals surface area contributed by atoms with Crippen LogP contribution < -0.4 is 0 Å². The Bertz CT molecular complexity index is 127. The van der Waals surface area contributed by atoms with E-state index < -0.39 is 0 Å². The monoisotopic (exact) mass is 236 g/mol. The zero-order valence-corrected chi connectivity index (χ0v) is 11.5. The molecule has 0 aliphatic rings. The van der Waals surface area contributed by atoms with Gasteiger partial charge in [-0.05, 0) is 25.5 Å². The second kappa shape index (κ2) is 7.89. The molecule has 0 heterocycles. The summed E-state index contributed by atoms with van der Waals surface area (Å²) in [5.74, 6) is 0.874. The van der Waals surface area contributed by atoms with E-state index in [1.807, 2.05) is 23.5 Å². The van der Waals surface area contributed by atoms with Gasteiger partial charge >= 0.3 is 0 Å². The van der Waals surface area contributed by atoms with Gasteiger partial charge in [-0.15, -0.1) is 0 Å². The molecule has 1 unspecified atom stereocenters. The van der Waals surface area contributed by atoms with Gasteiger partial charge < -0.3 is 5.11 Å². The van der Waals surface area contributed by atoms with Crippen molar-refractivity contribution in [2.75, 3.05) is 18.6 Å². The maximum absolute atomic E-state index is 8.76. The number of thioether (sulfide) groups is 2. The Hall–Kier alpha value is 0.660. The first kappa shape index (κ1) is 14.7. The Kier molecular flexibility index (Phi) is 8.26. The number of hydrogen-bond donors (Lipinski definition) is 1. The summed E-state index contributed by atoms with van der Waals surface area (Å²) in [7, 11) is 0. The van der Waals surface area contributed by atoms with E-state index in [-0.39, 0.29) is 0 Å². The average Bonchev–Trinajstić information content (AvgIpc) is 2.23. The predicted molar refractivity (Wildman–Crippen MR) is 70.5 cm³/mol. The van der Waals surface area contributed by atoms with Gasteiger partial charge in [0.1, 0.15) is 0 Å². The smallest absolute Gasteiger partial charge is 0.0521 e. The molecule has 0 saturated carbocycles. The summed E-state index contributed by atoms with van der Waals surface area (Å²) >= 11 is 3.89. The highest BCUT2D eigenvalue weighted by Gasteiger charge is 2.26. The fourth-order valence-corrected chi connectivity index (χ4v) is 3.79.